The van der Waals surface area contributed by atoms with E-state index in [0.29, 0.717) is 16.7 Å². The number of amides is 2. The van der Waals surface area contributed by atoms with E-state index in [1.165, 1.54) is 7.11 Å². The van der Waals surface area contributed by atoms with Crippen LogP contribution in [0.25, 0.3) is 0 Å². The van der Waals surface area contributed by atoms with Gasteiger partial charge < -0.3 is 9.84 Å². The van der Waals surface area contributed by atoms with Gasteiger partial charge in [-0.15, -0.1) is 0 Å². The van der Waals surface area contributed by atoms with Crippen molar-refractivity contribution in [1.82, 2.24) is 5.06 Å². The summed E-state index contributed by atoms with van der Waals surface area (Å²) in [4.78, 5) is 52.9. The number of hydrogen-bond acceptors (Lipinski definition) is 7. The standard InChI is InChI=1S/C26H26ClNO7/c1-10-11(2)23(31)26(3)16(21(10)29)9-15-13(5-6-14-19(15)25(33)28(34)24(14)32)20(26)12-7-17(27)22(30)18(8-12)35-4/h5,7-8,14-16,19-20,30,34H,6,9H2,1-4H3/t14-,15+,16-,19-,20-,26+/m0/s1. The first-order chi connectivity index (χ1) is 16.4. The highest BCUT2D eigenvalue weighted by Crippen LogP contribution is 2.63. The SMILES string of the molecule is COc1cc([C@H]2C3=CC[C@@H]4C(=O)N(O)C(=O)[C@@H]4[C@@H]3C[C@H]3C(=O)C(C)=C(C)C(=O)[C@@]23C)cc(Cl)c1O. The van der Waals surface area contributed by atoms with Gasteiger partial charge in [-0.25, -0.2) is 0 Å². The van der Waals surface area contributed by atoms with Gasteiger partial charge in [0.15, 0.2) is 23.1 Å². The third-order valence-corrected chi connectivity index (χ3v) is 9.04. The van der Waals surface area contributed by atoms with Crippen molar-refractivity contribution in [3.05, 3.63) is 45.5 Å². The molecule has 2 fully saturated rings. The number of fused-ring (bicyclic) bond motifs is 4. The molecule has 0 radical (unpaired) electrons. The van der Waals surface area contributed by atoms with E-state index >= 15 is 0 Å². The van der Waals surface area contributed by atoms with Crippen LogP contribution in [-0.4, -0.2) is 45.9 Å². The second-order valence-electron chi connectivity index (χ2n) is 10.2. The quantitative estimate of drug-likeness (QED) is 0.362. The van der Waals surface area contributed by atoms with Crippen LogP contribution in [0.2, 0.25) is 5.02 Å². The second kappa shape index (κ2) is 7.77. The van der Waals surface area contributed by atoms with E-state index in [-0.39, 0.29) is 46.0 Å². The molecular formula is C26H26ClNO7. The molecule has 0 spiro atoms. The summed E-state index contributed by atoms with van der Waals surface area (Å²) in [5.41, 5.74) is 0.953. The Labute approximate surface area is 207 Å². The maximum atomic E-state index is 13.9. The number of allylic oxidation sites excluding steroid dienone is 4. The monoisotopic (exact) mass is 499 g/mol. The summed E-state index contributed by atoms with van der Waals surface area (Å²) in [6.07, 6.45) is 2.31. The molecule has 1 saturated heterocycles. The molecule has 1 saturated carbocycles. The number of aromatic hydroxyl groups is 1. The number of hydrogen-bond donors (Lipinski definition) is 2. The van der Waals surface area contributed by atoms with E-state index in [0.717, 1.165) is 5.57 Å². The summed E-state index contributed by atoms with van der Waals surface area (Å²) < 4.78 is 5.31. The summed E-state index contributed by atoms with van der Waals surface area (Å²) in [5, 5.41) is 20.6. The molecule has 0 aromatic heterocycles. The molecule has 4 aliphatic rings. The molecule has 2 amide bonds. The number of nitrogens with zero attached hydrogens (tertiary/aromatic N) is 1. The van der Waals surface area contributed by atoms with Crippen LogP contribution >= 0.6 is 11.6 Å². The molecule has 5 rings (SSSR count). The van der Waals surface area contributed by atoms with E-state index < -0.39 is 46.8 Å². The highest BCUT2D eigenvalue weighted by atomic mass is 35.5. The molecule has 9 heteroatoms. The highest BCUT2D eigenvalue weighted by molar-refractivity contribution is 6.32. The average molecular weight is 500 g/mol. The lowest BCUT2D eigenvalue weighted by Gasteiger charge is -2.54. The Morgan fingerprint density at radius 1 is 1.09 bits per heavy atom. The number of benzene rings is 1. The average Bonchev–Trinajstić information content (AvgIpc) is 3.06. The van der Waals surface area contributed by atoms with Crippen molar-refractivity contribution in [3.8, 4) is 11.5 Å². The number of ether oxygens (including phenoxy) is 1. The van der Waals surface area contributed by atoms with Crippen molar-refractivity contribution < 1.29 is 34.2 Å². The minimum Gasteiger partial charge on any atom is -0.503 e. The van der Waals surface area contributed by atoms with Gasteiger partial charge >= 0.3 is 0 Å². The number of hydroxylamine groups is 2. The van der Waals surface area contributed by atoms with Gasteiger partial charge in [0, 0.05) is 11.8 Å². The van der Waals surface area contributed by atoms with Crippen LogP contribution in [0.5, 0.6) is 11.5 Å². The molecular weight excluding hydrogens is 474 g/mol. The van der Waals surface area contributed by atoms with Gasteiger partial charge in [0.1, 0.15) is 0 Å². The number of phenolic OH excluding ortho intramolecular Hbond substituents is 1. The van der Waals surface area contributed by atoms with Gasteiger partial charge in [-0.3, -0.25) is 24.4 Å². The Morgan fingerprint density at radius 3 is 2.43 bits per heavy atom. The first-order valence-electron chi connectivity index (χ1n) is 11.5. The van der Waals surface area contributed by atoms with Crippen molar-refractivity contribution in [2.75, 3.05) is 7.11 Å². The fraction of sp³-hybridized carbons (Fsp3) is 0.462. The van der Waals surface area contributed by atoms with E-state index in [1.807, 2.05) is 6.08 Å². The van der Waals surface area contributed by atoms with Gasteiger partial charge in [-0.1, -0.05) is 30.2 Å². The molecule has 1 heterocycles. The lowest BCUT2D eigenvalue weighted by Crippen LogP contribution is -2.55. The van der Waals surface area contributed by atoms with Gasteiger partial charge in [0.05, 0.1) is 29.4 Å². The van der Waals surface area contributed by atoms with Crippen LogP contribution in [0.15, 0.2) is 34.9 Å². The molecule has 0 bridgehead atoms. The van der Waals surface area contributed by atoms with E-state index in [1.54, 1.807) is 32.9 Å². The predicted octanol–water partition coefficient (Wildman–Crippen LogP) is 3.59. The van der Waals surface area contributed by atoms with Crippen LogP contribution < -0.4 is 4.74 Å². The number of halogens is 1. The van der Waals surface area contributed by atoms with Crippen molar-refractivity contribution in [1.29, 1.82) is 0 Å². The zero-order valence-electron chi connectivity index (χ0n) is 19.8. The fourth-order valence-corrected chi connectivity index (χ4v) is 7.08. The summed E-state index contributed by atoms with van der Waals surface area (Å²) >= 11 is 6.33. The van der Waals surface area contributed by atoms with Gasteiger partial charge in [-0.05, 0) is 61.4 Å². The van der Waals surface area contributed by atoms with E-state index in [9.17, 15) is 29.5 Å². The Hall–Kier alpha value is -2.97. The molecule has 1 aromatic carbocycles. The molecule has 8 nitrogen and oxygen atoms in total. The van der Waals surface area contributed by atoms with Crippen LogP contribution in [0.1, 0.15) is 45.1 Å². The maximum Gasteiger partial charge on any atom is 0.257 e. The number of carbonyl (C=O) groups is 4. The molecule has 2 N–H and O–H groups in total. The summed E-state index contributed by atoms with van der Waals surface area (Å²) in [7, 11) is 1.39. The van der Waals surface area contributed by atoms with Crippen molar-refractivity contribution in [3.63, 3.8) is 0 Å². The molecule has 0 unspecified atom stereocenters. The minimum atomic E-state index is -1.17. The van der Waals surface area contributed by atoms with Crippen molar-refractivity contribution in [2.24, 2.45) is 29.1 Å². The molecule has 35 heavy (non-hydrogen) atoms. The Balaban J connectivity index is 1.77. The fourth-order valence-electron chi connectivity index (χ4n) is 6.86. The smallest absolute Gasteiger partial charge is 0.257 e. The van der Waals surface area contributed by atoms with Crippen LogP contribution in [-0.2, 0) is 19.2 Å². The molecule has 184 valence electrons. The number of ketones is 2. The van der Waals surface area contributed by atoms with Crippen LogP contribution in [0.4, 0.5) is 0 Å². The first kappa shape index (κ1) is 23.8. The number of rotatable bonds is 2. The number of imide groups is 1. The predicted molar refractivity (Wildman–Crippen MR) is 124 cm³/mol. The zero-order valence-corrected chi connectivity index (χ0v) is 20.5. The van der Waals surface area contributed by atoms with Gasteiger partial charge in [0.2, 0.25) is 0 Å². The van der Waals surface area contributed by atoms with Crippen LogP contribution in [0, 0.1) is 29.1 Å². The lowest BCUT2D eigenvalue weighted by molar-refractivity contribution is -0.173. The maximum absolute atomic E-state index is 13.9. The summed E-state index contributed by atoms with van der Waals surface area (Å²) in [6, 6.07) is 3.15. The highest BCUT2D eigenvalue weighted by Gasteiger charge is 2.64. The Morgan fingerprint density at radius 2 is 1.77 bits per heavy atom. The third kappa shape index (κ3) is 2.96. The largest absolute Gasteiger partial charge is 0.503 e. The van der Waals surface area contributed by atoms with Crippen molar-refractivity contribution in [2.45, 2.75) is 39.5 Å². The first-order valence-corrected chi connectivity index (χ1v) is 11.9. The van der Waals surface area contributed by atoms with E-state index in [2.05, 4.69) is 0 Å². The number of phenols is 1. The Kier molecular flexibility index (Phi) is 5.27. The van der Waals surface area contributed by atoms with Crippen molar-refractivity contribution >= 4 is 35.0 Å². The van der Waals surface area contributed by atoms with E-state index in [4.69, 9.17) is 16.3 Å². The van der Waals surface area contributed by atoms with Crippen LogP contribution in [0.3, 0.4) is 0 Å². The molecule has 1 aromatic rings. The van der Waals surface area contributed by atoms with Gasteiger partial charge in [-0.2, -0.15) is 5.06 Å². The number of Topliss-reactive ketones (excluding diaryl/α,β-unsaturated/α-hetero) is 2. The molecule has 1 aliphatic heterocycles. The Bertz CT molecular complexity index is 1280. The second-order valence-corrected chi connectivity index (χ2v) is 10.6. The minimum absolute atomic E-state index is 0.0302. The normalized spacial score (nSPS) is 34.5. The zero-order chi connectivity index (χ0) is 25.6. The summed E-state index contributed by atoms with van der Waals surface area (Å²) in [5.74, 6) is -5.21. The topological polar surface area (TPSA) is 121 Å². The molecule has 3 aliphatic carbocycles. The lowest BCUT2D eigenvalue weighted by atomic mass is 9.46. The summed E-state index contributed by atoms with van der Waals surface area (Å²) in [6.45, 7) is 5.06. The number of methoxy groups -OCH3 is 1. The number of carbonyl (C=O) groups excluding carboxylic acids is 4. The molecule has 6 atom stereocenters. The third-order valence-electron chi connectivity index (χ3n) is 8.75. The van der Waals surface area contributed by atoms with Gasteiger partial charge in [0.25, 0.3) is 11.8 Å².